The molecule has 0 amide bonds. The van der Waals surface area contributed by atoms with Crippen LogP contribution in [0.4, 0.5) is 0 Å². The number of carbonyl (C=O) groups excluding carboxylic acids is 1. The van der Waals surface area contributed by atoms with E-state index in [1.54, 1.807) is 0 Å². The second-order valence-corrected chi connectivity index (χ2v) is 6.11. The molecule has 2 heterocycles. The first kappa shape index (κ1) is 17.2. The first-order valence-electron chi connectivity index (χ1n) is 7.07. The van der Waals surface area contributed by atoms with Crippen molar-refractivity contribution in [3.05, 3.63) is 46.1 Å². The molecule has 3 rings (SSSR count). The molecule has 0 aliphatic heterocycles. The molecule has 1 aromatic carbocycles. The van der Waals surface area contributed by atoms with Crippen LogP contribution in [-0.2, 0) is 11.3 Å². The molecule has 3 aromatic rings. The van der Waals surface area contributed by atoms with Gasteiger partial charge in [0.25, 0.3) is 5.89 Å². The van der Waals surface area contributed by atoms with E-state index in [-0.39, 0.29) is 23.1 Å². The highest BCUT2D eigenvalue weighted by Gasteiger charge is 2.17. The molecule has 0 saturated carbocycles. The lowest BCUT2D eigenvalue weighted by Gasteiger charge is -2.11. The average Bonchev–Trinajstić information content (AvgIpc) is 3.29. The molecule has 130 valence electrons. The molecule has 0 unspecified atom stereocenters. The molecule has 0 saturated heterocycles. The number of halogens is 1. The van der Waals surface area contributed by atoms with Crippen LogP contribution in [0.2, 0.25) is 5.02 Å². The summed E-state index contributed by atoms with van der Waals surface area (Å²) in [5, 5.41) is 6.00. The maximum Gasteiger partial charge on any atom is 0.338 e. The second-order valence-electron chi connectivity index (χ2n) is 4.76. The Bertz CT molecular complexity index is 879. The van der Waals surface area contributed by atoms with E-state index in [9.17, 15) is 4.79 Å². The largest absolute Gasteiger partial charge is 0.493 e. The molecule has 7 nitrogen and oxygen atoms in total. The quantitative estimate of drug-likeness (QED) is 0.601. The molecule has 25 heavy (non-hydrogen) atoms. The van der Waals surface area contributed by atoms with Crippen LogP contribution in [0.3, 0.4) is 0 Å². The first-order chi connectivity index (χ1) is 12.1. The Morgan fingerprint density at radius 2 is 2.16 bits per heavy atom. The molecule has 0 atom stereocenters. The van der Waals surface area contributed by atoms with E-state index < -0.39 is 5.97 Å². The number of benzene rings is 1. The number of rotatable bonds is 6. The van der Waals surface area contributed by atoms with Crippen LogP contribution in [0.15, 0.2) is 34.2 Å². The van der Waals surface area contributed by atoms with Crippen LogP contribution in [0.25, 0.3) is 10.7 Å². The van der Waals surface area contributed by atoms with Crippen LogP contribution in [0.1, 0.15) is 16.2 Å². The SMILES string of the molecule is COc1cc(C(=O)OCc2nc(-c3cccs3)no2)cc(Cl)c1OC. The predicted octanol–water partition coefficient (Wildman–Crippen LogP) is 3.83. The van der Waals surface area contributed by atoms with Gasteiger partial charge >= 0.3 is 5.97 Å². The van der Waals surface area contributed by atoms with Gasteiger partial charge in [0, 0.05) is 0 Å². The number of hydrogen-bond donors (Lipinski definition) is 0. The summed E-state index contributed by atoms with van der Waals surface area (Å²) in [5.74, 6) is 0.732. The standard InChI is InChI=1S/C16H13ClN2O5S/c1-21-11-7-9(6-10(17)14(11)22-2)16(20)23-8-13-18-15(19-24-13)12-4-3-5-25-12/h3-7H,8H2,1-2H3. The van der Waals surface area contributed by atoms with Crippen LogP contribution in [0.5, 0.6) is 11.5 Å². The summed E-state index contributed by atoms with van der Waals surface area (Å²) >= 11 is 7.57. The average molecular weight is 381 g/mol. The third-order valence-corrected chi connectivity index (χ3v) is 4.35. The lowest BCUT2D eigenvalue weighted by Crippen LogP contribution is -2.06. The smallest absolute Gasteiger partial charge is 0.338 e. The second kappa shape index (κ2) is 7.54. The van der Waals surface area contributed by atoms with Crippen molar-refractivity contribution in [2.75, 3.05) is 14.2 Å². The van der Waals surface area contributed by atoms with Gasteiger partial charge in [0.15, 0.2) is 18.1 Å². The van der Waals surface area contributed by atoms with Gasteiger partial charge in [0.2, 0.25) is 5.82 Å². The summed E-state index contributed by atoms with van der Waals surface area (Å²) < 4.78 is 20.5. The number of carbonyl (C=O) groups is 1. The van der Waals surface area contributed by atoms with Gasteiger partial charge in [-0.3, -0.25) is 0 Å². The number of hydrogen-bond acceptors (Lipinski definition) is 8. The van der Waals surface area contributed by atoms with Crippen molar-refractivity contribution >= 4 is 28.9 Å². The molecule has 0 bridgehead atoms. The van der Waals surface area contributed by atoms with E-state index in [1.165, 1.54) is 37.7 Å². The van der Waals surface area contributed by atoms with Gasteiger partial charge in [-0.15, -0.1) is 11.3 Å². The van der Waals surface area contributed by atoms with Crippen molar-refractivity contribution < 1.29 is 23.5 Å². The topological polar surface area (TPSA) is 83.7 Å². The van der Waals surface area contributed by atoms with Gasteiger partial charge in [-0.1, -0.05) is 22.8 Å². The molecular weight excluding hydrogens is 368 g/mol. The summed E-state index contributed by atoms with van der Waals surface area (Å²) in [6.45, 7) is -0.150. The molecule has 9 heteroatoms. The number of ether oxygens (including phenoxy) is 3. The Balaban J connectivity index is 1.70. The van der Waals surface area contributed by atoms with Gasteiger partial charge in [-0.25, -0.2) is 4.79 Å². The minimum Gasteiger partial charge on any atom is -0.493 e. The van der Waals surface area contributed by atoms with E-state index in [0.717, 1.165) is 4.88 Å². The fourth-order valence-corrected chi connectivity index (χ4v) is 3.00. The van der Waals surface area contributed by atoms with Gasteiger partial charge in [-0.05, 0) is 23.6 Å². The minimum absolute atomic E-state index is 0.150. The van der Waals surface area contributed by atoms with Crippen molar-refractivity contribution in [1.29, 1.82) is 0 Å². The zero-order valence-corrected chi connectivity index (χ0v) is 14.9. The van der Waals surface area contributed by atoms with Crippen molar-refractivity contribution in [2.45, 2.75) is 6.61 Å². The maximum absolute atomic E-state index is 12.2. The molecule has 0 aliphatic rings. The summed E-state index contributed by atoms with van der Waals surface area (Å²) in [7, 11) is 2.91. The Kier molecular flexibility index (Phi) is 5.20. The molecule has 0 radical (unpaired) electrons. The fourth-order valence-electron chi connectivity index (χ4n) is 2.07. The van der Waals surface area contributed by atoms with Crippen molar-refractivity contribution in [3.8, 4) is 22.2 Å². The number of esters is 1. The Morgan fingerprint density at radius 3 is 2.84 bits per heavy atom. The predicted molar refractivity (Wildman–Crippen MR) is 91.3 cm³/mol. The number of nitrogens with zero attached hydrogens (tertiary/aromatic N) is 2. The highest BCUT2D eigenvalue weighted by atomic mass is 35.5. The van der Waals surface area contributed by atoms with Gasteiger partial charge in [-0.2, -0.15) is 4.98 Å². The van der Waals surface area contributed by atoms with Crippen LogP contribution < -0.4 is 9.47 Å². The Hall–Kier alpha value is -2.58. The van der Waals surface area contributed by atoms with Crippen LogP contribution >= 0.6 is 22.9 Å². The number of aromatic nitrogens is 2. The zero-order valence-electron chi connectivity index (χ0n) is 13.3. The van der Waals surface area contributed by atoms with E-state index in [0.29, 0.717) is 17.3 Å². The third-order valence-electron chi connectivity index (χ3n) is 3.21. The highest BCUT2D eigenvalue weighted by molar-refractivity contribution is 7.13. The molecule has 0 fully saturated rings. The summed E-state index contributed by atoms with van der Waals surface area (Å²) in [5.41, 5.74) is 0.223. The lowest BCUT2D eigenvalue weighted by atomic mass is 10.2. The molecular formula is C16H13ClN2O5S. The zero-order chi connectivity index (χ0) is 17.8. The Labute approximate surface area is 152 Å². The monoisotopic (exact) mass is 380 g/mol. The molecule has 2 aromatic heterocycles. The first-order valence-corrected chi connectivity index (χ1v) is 8.33. The molecule has 0 spiro atoms. The van der Waals surface area contributed by atoms with E-state index >= 15 is 0 Å². The van der Waals surface area contributed by atoms with Crippen LogP contribution in [-0.4, -0.2) is 30.3 Å². The van der Waals surface area contributed by atoms with Crippen LogP contribution in [0, 0.1) is 0 Å². The summed E-state index contributed by atoms with van der Waals surface area (Å²) in [6, 6.07) is 6.68. The number of methoxy groups -OCH3 is 2. The summed E-state index contributed by atoms with van der Waals surface area (Å²) in [6.07, 6.45) is 0. The fraction of sp³-hybridized carbons (Fsp3) is 0.188. The van der Waals surface area contributed by atoms with Crippen molar-refractivity contribution in [2.24, 2.45) is 0 Å². The van der Waals surface area contributed by atoms with E-state index in [1.807, 2.05) is 17.5 Å². The van der Waals surface area contributed by atoms with E-state index in [2.05, 4.69) is 10.1 Å². The third kappa shape index (κ3) is 3.75. The highest BCUT2D eigenvalue weighted by Crippen LogP contribution is 2.36. The maximum atomic E-state index is 12.2. The minimum atomic E-state index is -0.598. The molecule has 0 N–H and O–H groups in total. The number of thiophene rings is 1. The molecule has 0 aliphatic carbocycles. The Morgan fingerprint density at radius 1 is 1.32 bits per heavy atom. The van der Waals surface area contributed by atoms with Gasteiger partial charge < -0.3 is 18.7 Å². The summed E-state index contributed by atoms with van der Waals surface area (Å²) in [4.78, 5) is 17.3. The van der Waals surface area contributed by atoms with Gasteiger partial charge in [0.1, 0.15) is 0 Å². The lowest BCUT2D eigenvalue weighted by molar-refractivity contribution is 0.0429. The van der Waals surface area contributed by atoms with Crippen molar-refractivity contribution in [1.82, 2.24) is 10.1 Å². The normalized spacial score (nSPS) is 10.5. The van der Waals surface area contributed by atoms with Gasteiger partial charge in [0.05, 0.1) is 29.7 Å². The van der Waals surface area contributed by atoms with Crippen molar-refractivity contribution in [3.63, 3.8) is 0 Å². The van der Waals surface area contributed by atoms with E-state index in [4.69, 9.17) is 30.3 Å².